The van der Waals surface area contributed by atoms with Crippen LogP contribution in [0.4, 0.5) is 0 Å². The van der Waals surface area contributed by atoms with E-state index in [4.69, 9.17) is 0 Å². The molecular formula is C21H34IN5. The fourth-order valence-corrected chi connectivity index (χ4v) is 3.19. The van der Waals surface area contributed by atoms with Crippen LogP contribution in [0.3, 0.4) is 0 Å². The number of hydrogen-bond acceptors (Lipinski definition) is 2. The quantitative estimate of drug-likeness (QED) is 0.374. The van der Waals surface area contributed by atoms with Crippen molar-refractivity contribution in [3.63, 3.8) is 0 Å². The lowest BCUT2D eigenvalue weighted by molar-refractivity contribution is 0.504. The molecule has 1 heterocycles. The van der Waals surface area contributed by atoms with Gasteiger partial charge in [0.15, 0.2) is 5.96 Å². The van der Waals surface area contributed by atoms with Gasteiger partial charge in [0.2, 0.25) is 0 Å². The van der Waals surface area contributed by atoms with E-state index in [0.29, 0.717) is 0 Å². The zero-order valence-corrected chi connectivity index (χ0v) is 20.0. The van der Waals surface area contributed by atoms with Crippen molar-refractivity contribution >= 4 is 29.9 Å². The third-order valence-electron chi connectivity index (χ3n) is 5.03. The van der Waals surface area contributed by atoms with Crippen molar-refractivity contribution < 1.29 is 0 Å². The largest absolute Gasteiger partial charge is 0.356 e. The van der Waals surface area contributed by atoms with Gasteiger partial charge in [0, 0.05) is 37.8 Å². The van der Waals surface area contributed by atoms with Crippen LogP contribution in [0.15, 0.2) is 35.3 Å². The standard InChI is InChI=1S/C21H33N5.HI/c1-15(13-19-16(2)25-26(7)17(19)3)24-20(22-6)23-14-21(4,5)18-11-9-8-10-12-18;/h8-12,15H,13-14H2,1-7H3,(H2,22,23,24);1H. The van der Waals surface area contributed by atoms with Gasteiger partial charge in [-0.05, 0) is 38.3 Å². The maximum absolute atomic E-state index is 4.51. The number of hydrogen-bond donors (Lipinski definition) is 2. The van der Waals surface area contributed by atoms with Crippen molar-refractivity contribution in [2.75, 3.05) is 13.6 Å². The number of halogens is 1. The monoisotopic (exact) mass is 483 g/mol. The van der Waals surface area contributed by atoms with Crippen LogP contribution in [0.25, 0.3) is 0 Å². The van der Waals surface area contributed by atoms with Gasteiger partial charge in [0.25, 0.3) is 0 Å². The van der Waals surface area contributed by atoms with E-state index < -0.39 is 0 Å². The number of aliphatic imine (C=N–C) groups is 1. The Balaban J connectivity index is 0.00000364. The molecule has 0 radical (unpaired) electrons. The van der Waals surface area contributed by atoms with Gasteiger partial charge in [0.1, 0.15) is 0 Å². The van der Waals surface area contributed by atoms with Gasteiger partial charge >= 0.3 is 0 Å². The second-order valence-electron chi connectivity index (χ2n) is 7.70. The predicted molar refractivity (Wildman–Crippen MR) is 125 cm³/mol. The molecule has 150 valence electrons. The van der Waals surface area contributed by atoms with E-state index in [1.165, 1.54) is 16.8 Å². The first-order chi connectivity index (χ1) is 12.2. The highest BCUT2D eigenvalue weighted by molar-refractivity contribution is 14.0. The third kappa shape index (κ3) is 6.23. The average molecular weight is 483 g/mol. The summed E-state index contributed by atoms with van der Waals surface area (Å²) in [4.78, 5) is 4.39. The molecular weight excluding hydrogens is 449 g/mol. The Morgan fingerprint density at radius 2 is 1.85 bits per heavy atom. The first-order valence-electron chi connectivity index (χ1n) is 9.26. The molecule has 0 aliphatic rings. The molecule has 2 N–H and O–H groups in total. The van der Waals surface area contributed by atoms with Gasteiger partial charge in [-0.15, -0.1) is 24.0 Å². The molecule has 1 aromatic heterocycles. The number of nitrogens with one attached hydrogen (secondary N) is 2. The van der Waals surface area contributed by atoms with Crippen molar-refractivity contribution in [3.05, 3.63) is 52.8 Å². The van der Waals surface area contributed by atoms with Crippen LogP contribution >= 0.6 is 24.0 Å². The molecule has 0 fully saturated rings. The van der Waals surface area contributed by atoms with Gasteiger partial charge in [-0.3, -0.25) is 9.67 Å². The topological polar surface area (TPSA) is 54.2 Å². The highest BCUT2D eigenvalue weighted by Gasteiger charge is 2.21. The van der Waals surface area contributed by atoms with Crippen molar-refractivity contribution in [2.45, 2.75) is 52.5 Å². The molecule has 0 aliphatic heterocycles. The van der Waals surface area contributed by atoms with Gasteiger partial charge in [-0.2, -0.15) is 5.10 Å². The summed E-state index contributed by atoms with van der Waals surface area (Å²) < 4.78 is 1.95. The maximum atomic E-state index is 4.51. The van der Waals surface area contributed by atoms with Crippen molar-refractivity contribution in [2.24, 2.45) is 12.0 Å². The molecule has 0 bridgehead atoms. The first kappa shape index (κ1) is 23.5. The lowest BCUT2D eigenvalue weighted by Gasteiger charge is -2.27. The lowest BCUT2D eigenvalue weighted by atomic mass is 9.85. The zero-order chi connectivity index (χ0) is 19.3. The summed E-state index contributed by atoms with van der Waals surface area (Å²) >= 11 is 0. The molecule has 0 spiro atoms. The molecule has 0 aliphatic carbocycles. The van der Waals surface area contributed by atoms with Gasteiger partial charge in [-0.25, -0.2) is 0 Å². The summed E-state index contributed by atoms with van der Waals surface area (Å²) in [7, 11) is 3.81. The molecule has 1 aromatic carbocycles. The summed E-state index contributed by atoms with van der Waals surface area (Å²) in [6.07, 6.45) is 0.925. The molecule has 1 atom stereocenters. The predicted octanol–water partition coefficient (Wildman–Crippen LogP) is 3.73. The van der Waals surface area contributed by atoms with E-state index in [1.807, 2.05) is 18.8 Å². The molecule has 0 saturated heterocycles. The summed E-state index contributed by atoms with van der Waals surface area (Å²) in [6.45, 7) is 11.7. The fourth-order valence-electron chi connectivity index (χ4n) is 3.19. The number of aryl methyl sites for hydroxylation is 2. The van der Waals surface area contributed by atoms with Crippen LogP contribution in [0.1, 0.15) is 43.3 Å². The highest BCUT2D eigenvalue weighted by Crippen LogP contribution is 2.21. The van der Waals surface area contributed by atoms with Crippen molar-refractivity contribution in [1.29, 1.82) is 0 Å². The number of guanidine groups is 1. The second-order valence-corrected chi connectivity index (χ2v) is 7.70. The normalized spacial score (nSPS) is 13.1. The fraction of sp³-hybridized carbons (Fsp3) is 0.524. The molecule has 2 rings (SSSR count). The molecule has 2 aromatic rings. The smallest absolute Gasteiger partial charge is 0.191 e. The number of nitrogens with zero attached hydrogens (tertiary/aromatic N) is 3. The zero-order valence-electron chi connectivity index (χ0n) is 17.6. The summed E-state index contributed by atoms with van der Waals surface area (Å²) in [5, 5.41) is 11.5. The first-order valence-corrected chi connectivity index (χ1v) is 9.26. The van der Waals surface area contributed by atoms with Gasteiger partial charge < -0.3 is 10.6 Å². The van der Waals surface area contributed by atoms with E-state index in [2.05, 4.69) is 85.7 Å². The summed E-state index contributed by atoms with van der Waals surface area (Å²) in [5.41, 5.74) is 4.99. The average Bonchev–Trinajstić information content (AvgIpc) is 2.85. The Labute approximate surface area is 181 Å². The van der Waals surface area contributed by atoms with Gasteiger partial charge in [0.05, 0.1) is 5.69 Å². The summed E-state index contributed by atoms with van der Waals surface area (Å²) in [6, 6.07) is 10.8. The number of benzene rings is 1. The number of aromatic nitrogens is 2. The van der Waals surface area contributed by atoms with Crippen LogP contribution in [-0.2, 0) is 18.9 Å². The Morgan fingerprint density at radius 3 is 2.37 bits per heavy atom. The van der Waals surface area contributed by atoms with E-state index >= 15 is 0 Å². The minimum absolute atomic E-state index is 0. The van der Waals surface area contributed by atoms with Crippen LogP contribution in [-0.4, -0.2) is 35.4 Å². The third-order valence-corrected chi connectivity index (χ3v) is 5.03. The second kappa shape index (κ2) is 10.1. The van der Waals surface area contributed by atoms with Gasteiger partial charge in [-0.1, -0.05) is 44.2 Å². The van der Waals surface area contributed by atoms with Crippen LogP contribution in [0, 0.1) is 13.8 Å². The SMILES string of the molecule is CN=C(NCC(C)(C)c1ccccc1)NC(C)Cc1c(C)nn(C)c1C.I. The highest BCUT2D eigenvalue weighted by atomic mass is 127. The lowest BCUT2D eigenvalue weighted by Crippen LogP contribution is -2.47. The Bertz CT molecular complexity index is 749. The van der Waals surface area contributed by atoms with E-state index in [9.17, 15) is 0 Å². The minimum atomic E-state index is 0. The van der Waals surface area contributed by atoms with Crippen LogP contribution in [0.5, 0.6) is 0 Å². The number of rotatable bonds is 6. The summed E-state index contributed by atoms with van der Waals surface area (Å²) in [5.74, 6) is 0.834. The molecule has 5 nitrogen and oxygen atoms in total. The minimum Gasteiger partial charge on any atom is -0.356 e. The molecule has 27 heavy (non-hydrogen) atoms. The van der Waals surface area contributed by atoms with Crippen LogP contribution in [0.2, 0.25) is 0 Å². The molecule has 6 heteroatoms. The Morgan fingerprint density at radius 1 is 1.22 bits per heavy atom. The van der Waals surface area contributed by atoms with Crippen LogP contribution < -0.4 is 10.6 Å². The Kier molecular flexibility index (Phi) is 8.78. The molecule has 0 saturated carbocycles. The van der Waals surface area contributed by atoms with E-state index in [1.54, 1.807) is 0 Å². The molecule has 0 amide bonds. The maximum Gasteiger partial charge on any atom is 0.191 e. The van der Waals surface area contributed by atoms with E-state index in [0.717, 1.165) is 24.6 Å². The van der Waals surface area contributed by atoms with Crippen molar-refractivity contribution in [3.8, 4) is 0 Å². The molecule has 1 unspecified atom stereocenters. The van der Waals surface area contributed by atoms with Crippen molar-refractivity contribution in [1.82, 2.24) is 20.4 Å². The Hall–Kier alpha value is -1.57. The van der Waals surface area contributed by atoms with E-state index in [-0.39, 0.29) is 35.4 Å².